The number of thioether (sulfide) groups is 1. The van der Waals surface area contributed by atoms with Gasteiger partial charge in [-0.1, -0.05) is 6.07 Å². The number of hydrogen-bond acceptors (Lipinski definition) is 3. The van der Waals surface area contributed by atoms with Crippen LogP contribution in [0.5, 0.6) is 5.75 Å². The SMILES string of the molecule is CCOc1ccc2c(c1)CCCSC2COCCCl. The maximum Gasteiger partial charge on any atom is 0.119 e. The molecule has 0 spiro atoms. The molecule has 0 radical (unpaired) electrons. The topological polar surface area (TPSA) is 18.5 Å². The molecular formula is C15H21ClO2S. The molecule has 0 amide bonds. The van der Waals surface area contributed by atoms with Crippen molar-refractivity contribution >= 4 is 23.4 Å². The van der Waals surface area contributed by atoms with E-state index in [0.29, 0.717) is 17.7 Å². The molecule has 2 rings (SSSR count). The van der Waals surface area contributed by atoms with Crippen LogP contribution in [0.15, 0.2) is 18.2 Å². The minimum atomic E-state index is 0.427. The van der Waals surface area contributed by atoms with Gasteiger partial charge in [-0.15, -0.1) is 11.6 Å². The summed E-state index contributed by atoms with van der Waals surface area (Å²) in [6, 6.07) is 6.47. The van der Waals surface area contributed by atoms with Gasteiger partial charge in [-0.05, 0) is 48.8 Å². The number of halogens is 1. The molecule has 1 aliphatic heterocycles. The van der Waals surface area contributed by atoms with Crippen LogP contribution in [-0.4, -0.2) is 31.5 Å². The van der Waals surface area contributed by atoms with Gasteiger partial charge in [-0.3, -0.25) is 0 Å². The van der Waals surface area contributed by atoms with E-state index in [9.17, 15) is 0 Å². The second-order valence-electron chi connectivity index (χ2n) is 4.52. The first-order valence-electron chi connectivity index (χ1n) is 6.86. The summed E-state index contributed by atoms with van der Waals surface area (Å²) in [5.74, 6) is 2.73. The van der Waals surface area contributed by atoms with Gasteiger partial charge in [-0.25, -0.2) is 0 Å². The van der Waals surface area contributed by atoms with Crippen molar-refractivity contribution in [1.82, 2.24) is 0 Å². The monoisotopic (exact) mass is 300 g/mol. The minimum Gasteiger partial charge on any atom is -0.494 e. The number of hydrogen-bond donors (Lipinski definition) is 0. The van der Waals surface area contributed by atoms with E-state index < -0.39 is 0 Å². The predicted molar refractivity (Wildman–Crippen MR) is 82.7 cm³/mol. The van der Waals surface area contributed by atoms with Gasteiger partial charge in [0.2, 0.25) is 0 Å². The zero-order valence-corrected chi connectivity index (χ0v) is 12.9. The smallest absolute Gasteiger partial charge is 0.119 e. The molecule has 1 atom stereocenters. The number of rotatable bonds is 6. The van der Waals surface area contributed by atoms with Gasteiger partial charge < -0.3 is 9.47 Å². The Balaban J connectivity index is 2.12. The Morgan fingerprint density at radius 1 is 1.42 bits per heavy atom. The lowest BCUT2D eigenvalue weighted by molar-refractivity contribution is 0.150. The first-order valence-corrected chi connectivity index (χ1v) is 8.44. The van der Waals surface area contributed by atoms with Gasteiger partial charge in [-0.2, -0.15) is 11.8 Å². The average Bonchev–Trinajstić information content (AvgIpc) is 2.62. The Hall–Kier alpha value is -0.380. The summed E-state index contributed by atoms with van der Waals surface area (Å²) in [5.41, 5.74) is 2.82. The summed E-state index contributed by atoms with van der Waals surface area (Å²) in [6.07, 6.45) is 2.36. The Kier molecular flexibility index (Phi) is 6.35. The molecule has 1 aromatic rings. The Labute approximate surface area is 124 Å². The summed E-state index contributed by atoms with van der Waals surface area (Å²) in [5, 5.41) is 0.427. The lowest BCUT2D eigenvalue weighted by atomic mass is 10.0. The average molecular weight is 301 g/mol. The molecule has 0 saturated carbocycles. The Morgan fingerprint density at radius 2 is 2.32 bits per heavy atom. The van der Waals surface area contributed by atoms with E-state index in [0.717, 1.165) is 25.4 Å². The van der Waals surface area contributed by atoms with Crippen LogP contribution >= 0.6 is 23.4 Å². The minimum absolute atomic E-state index is 0.427. The second-order valence-corrected chi connectivity index (χ2v) is 6.21. The fourth-order valence-electron chi connectivity index (χ4n) is 2.33. The van der Waals surface area contributed by atoms with Gasteiger partial charge in [0.1, 0.15) is 5.75 Å². The quantitative estimate of drug-likeness (QED) is 0.583. The molecule has 0 aliphatic carbocycles. The molecule has 1 aromatic carbocycles. The van der Waals surface area contributed by atoms with Gasteiger partial charge in [0.25, 0.3) is 0 Å². The van der Waals surface area contributed by atoms with Crippen LogP contribution in [0, 0.1) is 0 Å². The van der Waals surface area contributed by atoms with E-state index in [1.54, 1.807) is 0 Å². The van der Waals surface area contributed by atoms with Crippen molar-refractivity contribution in [1.29, 1.82) is 0 Å². The van der Waals surface area contributed by atoms with Crippen LogP contribution in [0.3, 0.4) is 0 Å². The van der Waals surface area contributed by atoms with E-state index in [-0.39, 0.29) is 0 Å². The van der Waals surface area contributed by atoms with E-state index in [4.69, 9.17) is 21.1 Å². The molecule has 0 N–H and O–H groups in total. The number of ether oxygens (including phenoxy) is 2. The highest BCUT2D eigenvalue weighted by atomic mass is 35.5. The van der Waals surface area contributed by atoms with Crippen LogP contribution in [0.2, 0.25) is 0 Å². The summed E-state index contributed by atoms with van der Waals surface area (Å²) in [6.45, 7) is 4.11. The molecule has 1 heterocycles. The number of alkyl halides is 1. The van der Waals surface area contributed by atoms with Crippen molar-refractivity contribution < 1.29 is 9.47 Å². The normalized spacial score (nSPS) is 18.7. The first-order chi connectivity index (χ1) is 9.35. The molecule has 4 heteroatoms. The van der Waals surface area contributed by atoms with Crippen LogP contribution in [0.1, 0.15) is 29.7 Å². The van der Waals surface area contributed by atoms with Crippen LogP contribution in [-0.2, 0) is 11.2 Å². The fourth-order valence-corrected chi connectivity index (χ4v) is 3.64. The maximum atomic E-state index is 5.66. The highest BCUT2D eigenvalue weighted by Crippen LogP contribution is 2.37. The predicted octanol–water partition coefficient (Wildman–Crippen LogP) is 4.06. The van der Waals surface area contributed by atoms with Crippen molar-refractivity contribution in [2.45, 2.75) is 25.0 Å². The standard InChI is InChI=1S/C15H21ClO2S/c1-2-18-13-5-6-14-12(10-13)4-3-9-19-15(14)11-17-8-7-16/h5-6,10,15H,2-4,7-9,11H2,1H3. The summed E-state index contributed by atoms with van der Waals surface area (Å²) >= 11 is 7.65. The Bertz CT molecular complexity index is 398. The highest BCUT2D eigenvalue weighted by Gasteiger charge is 2.19. The first kappa shape index (κ1) is 15.0. The number of fused-ring (bicyclic) bond motifs is 1. The van der Waals surface area contributed by atoms with Gasteiger partial charge in [0.05, 0.1) is 25.1 Å². The third kappa shape index (κ3) is 4.30. The van der Waals surface area contributed by atoms with Crippen molar-refractivity contribution in [2.24, 2.45) is 0 Å². The Morgan fingerprint density at radius 3 is 3.11 bits per heavy atom. The molecule has 1 aliphatic rings. The number of aryl methyl sites for hydroxylation is 1. The molecule has 0 saturated heterocycles. The molecule has 1 unspecified atom stereocenters. The summed E-state index contributed by atoms with van der Waals surface area (Å²) < 4.78 is 11.2. The summed E-state index contributed by atoms with van der Waals surface area (Å²) in [7, 11) is 0. The summed E-state index contributed by atoms with van der Waals surface area (Å²) in [4.78, 5) is 0. The third-order valence-corrected chi connectivity index (χ3v) is 4.64. The van der Waals surface area contributed by atoms with E-state index in [1.165, 1.54) is 23.3 Å². The largest absolute Gasteiger partial charge is 0.494 e. The van der Waals surface area contributed by atoms with Crippen LogP contribution in [0.4, 0.5) is 0 Å². The lowest BCUT2D eigenvalue weighted by Crippen LogP contribution is -2.08. The van der Waals surface area contributed by atoms with E-state index in [1.807, 2.05) is 18.7 Å². The van der Waals surface area contributed by atoms with Crippen LogP contribution < -0.4 is 4.74 Å². The third-order valence-electron chi connectivity index (χ3n) is 3.17. The van der Waals surface area contributed by atoms with Crippen LogP contribution in [0.25, 0.3) is 0 Å². The van der Waals surface area contributed by atoms with Gasteiger partial charge in [0, 0.05) is 5.88 Å². The molecule has 0 bridgehead atoms. The van der Waals surface area contributed by atoms with E-state index >= 15 is 0 Å². The van der Waals surface area contributed by atoms with Crippen molar-refractivity contribution in [3.05, 3.63) is 29.3 Å². The molecule has 19 heavy (non-hydrogen) atoms. The van der Waals surface area contributed by atoms with E-state index in [2.05, 4.69) is 18.2 Å². The number of benzene rings is 1. The molecule has 0 aromatic heterocycles. The lowest BCUT2D eigenvalue weighted by Gasteiger charge is -2.18. The fraction of sp³-hybridized carbons (Fsp3) is 0.600. The van der Waals surface area contributed by atoms with Crippen molar-refractivity contribution in [3.63, 3.8) is 0 Å². The highest BCUT2D eigenvalue weighted by molar-refractivity contribution is 7.99. The zero-order valence-electron chi connectivity index (χ0n) is 11.4. The second kappa shape index (κ2) is 8.03. The van der Waals surface area contributed by atoms with Crippen molar-refractivity contribution in [3.8, 4) is 5.75 Å². The zero-order chi connectivity index (χ0) is 13.5. The maximum absolute atomic E-state index is 5.66. The van der Waals surface area contributed by atoms with Gasteiger partial charge >= 0.3 is 0 Å². The molecule has 0 fully saturated rings. The molecular weight excluding hydrogens is 280 g/mol. The molecule has 106 valence electrons. The molecule has 2 nitrogen and oxygen atoms in total. The van der Waals surface area contributed by atoms with Gasteiger partial charge in [0.15, 0.2) is 0 Å². The van der Waals surface area contributed by atoms with Crippen molar-refractivity contribution in [2.75, 3.05) is 31.5 Å².